The number of hydrogen-bond donors (Lipinski definition) is 0. The van der Waals surface area contributed by atoms with Crippen LogP contribution in [-0.2, 0) is 0 Å². The van der Waals surface area contributed by atoms with Crippen molar-refractivity contribution in [2.24, 2.45) is 0 Å². The number of rotatable bonds is 12. The molecule has 0 radical (unpaired) electrons. The molecule has 0 fully saturated rings. The van der Waals surface area contributed by atoms with Gasteiger partial charge in [0, 0.05) is 7.26 Å². The van der Waals surface area contributed by atoms with Crippen LogP contribution in [0.1, 0.15) is 80.0 Å². The Morgan fingerprint density at radius 1 is 0.741 bits per heavy atom. The van der Waals surface area contributed by atoms with Gasteiger partial charge in [0.1, 0.15) is 0 Å². The number of carbonyl (C=O) groups is 2. The summed E-state index contributed by atoms with van der Waals surface area (Å²) in [6.07, 6.45) is 12.6. The maximum Gasteiger partial charge on any atom is 0.261 e. The van der Waals surface area contributed by atoms with Crippen LogP contribution in [0.2, 0.25) is 0 Å². The van der Waals surface area contributed by atoms with Gasteiger partial charge in [0.15, 0.2) is 0 Å². The highest BCUT2D eigenvalue weighted by molar-refractivity contribution is 7.75. The summed E-state index contributed by atoms with van der Waals surface area (Å²) in [6, 6.07) is 7.25. The molecule has 0 saturated carbocycles. The maximum atomic E-state index is 12.7. The van der Waals surface area contributed by atoms with E-state index >= 15 is 0 Å². The molecule has 27 heavy (non-hydrogen) atoms. The third kappa shape index (κ3) is 6.12. The van der Waals surface area contributed by atoms with E-state index in [1.807, 2.05) is 12.1 Å². The number of halogens is 1. The van der Waals surface area contributed by atoms with Gasteiger partial charge < -0.3 is 17.0 Å². The lowest BCUT2D eigenvalue weighted by molar-refractivity contribution is -0.0000289. The van der Waals surface area contributed by atoms with E-state index in [-0.39, 0.29) is 28.8 Å². The second kappa shape index (κ2) is 12.0. The van der Waals surface area contributed by atoms with Crippen molar-refractivity contribution in [3.05, 3.63) is 35.4 Å². The van der Waals surface area contributed by atoms with Crippen LogP contribution in [0.3, 0.4) is 0 Å². The van der Waals surface area contributed by atoms with E-state index in [4.69, 9.17) is 0 Å². The number of nitrogens with zero attached hydrogens (tertiary/aromatic N) is 1. The fraction of sp³-hybridized carbons (Fsp3) is 0.636. The summed E-state index contributed by atoms with van der Waals surface area (Å²) in [4.78, 5) is 26.9. The van der Waals surface area contributed by atoms with Crippen molar-refractivity contribution in [1.82, 2.24) is 4.90 Å². The van der Waals surface area contributed by atoms with Gasteiger partial charge in [-0.05, 0) is 31.4 Å². The molecule has 3 nitrogen and oxygen atoms in total. The highest BCUT2D eigenvalue weighted by atomic mass is 79.9. The molecule has 1 heterocycles. The normalized spacial score (nSPS) is 13.7. The minimum atomic E-state index is -1.09. The molecular weight excluding hydrogens is 421 g/mol. The fourth-order valence-corrected chi connectivity index (χ4v) is 8.83. The van der Waals surface area contributed by atoms with E-state index in [1.54, 1.807) is 12.1 Å². The Labute approximate surface area is 176 Å². The van der Waals surface area contributed by atoms with Gasteiger partial charge in [-0.15, -0.1) is 0 Å². The molecule has 2 amide bonds. The van der Waals surface area contributed by atoms with E-state index in [1.165, 1.54) is 61.9 Å². The largest absolute Gasteiger partial charge is 1.00 e. The van der Waals surface area contributed by atoms with Crippen LogP contribution in [0.5, 0.6) is 0 Å². The smallest absolute Gasteiger partial charge is 0.261 e. The zero-order valence-electron chi connectivity index (χ0n) is 17.2. The average molecular weight is 456 g/mol. The van der Waals surface area contributed by atoms with E-state index in [2.05, 4.69) is 20.8 Å². The van der Waals surface area contributed by atoms with Crippen LogP contribution in [0.4, 0.5) is 0 Å². The molecule has 0 spiro atoms. The predicted molar refractivity (Wildman–Crippen MR) is 113 cm³/mol. The minimum absolute atomic E-state index is 0. The Morgan fingerprint density at radius 3 is 1.52 bits per heavy atom. The molecular formula is C22H35BrNO2P. The lowest BCUT2D eigenvalue weighted by atomic mass is 10.1. The Balaban J connectivity index is 0.00000364. The molecule has 1 aromatic carbocycles. The zero-order valence-corrected chi connectivity index (χ0v) is 19.7. The third-order valence-electron chi connectivity index (χ3n) is 5.63. The highest BCUT2D eigenvalue weighted by Crippen LogP contribution is 2.60. The standard InChI is InChI=1S/C22H35NO2P.BrH/c1-4-7-15-26(16-8-5-2,17-9-6-3)18-14-23-21(24)19-12-10-11-13-20(19)22(23)25;/h10-13H,4-9,14-18H2,1-3H3;1H/q+1;/p-1. The van der Waals surface area contributed by atoms with Gasteiger partial charge in [-0.2, -0.15) is 0 Å². The van der Waals surface area contributed by atoms with Gasteiger partial charge in [-0.1, -0.05) is 52.2 Å². The molecule has 5 heteroatoms. The molecule has 0 unspecified atom stereocenters. The third-order valence-corrected chi connectivity index (χ3v) is 10.6. The molecule has 0 bridgehead atoms. The summed E-state index contributed by atoms with van der Waals surface area (Å²) in [7, 11) is -1.09. The van der Waals surface area contributed by atoms with E-state index in [0.29, 0.717) is 17.7 Å². The molecule has 152 valence electrons. The summed E-state index contributed by atoms with van der Waals surface area (Å²) in [5, 5.41) is 0. The molecule has 1 aliphatic heterocycles. The Hall–Kier alpha value is -0.730. The number of fused-ring (bicyclic) bond motifs is 1. The van der Waals surface area contributed by atoms with Crippen molar-refractivity contribution in [2.75, 3.05) is 31.2 Å². The second-order valence-electron chi connectivity index (χ2n) is 7.60. The first-order valence-corrected chi connectivity index (χ1v) is 12.9. The van der Waals surface area contributed by atoms with Crippen LogP contribution in [0, 0.1) is 0 Å². The monoisotopic (exact) mass is 455 g/mol. The van der Waals surface area contributed by atoms with E-state index < -0.39 is 7.26 Å². The van der Waals surface area contributed by atoms with E-state index in [0.717, 1.165) is 6.16 Å². The second-order valence-corrected chi connectivity index (χ2v) is 12.1. The van der Waals surface area contributed by atoms with Crippen molar-refractivity contribution < 1.29 is 26.6 Å². The zero-order chi connectivity index (χ0) is 19.0. The first-order valence-electron chi connectivity index (χ1n) is 10.4. The van der Waals surface area contributed by atoms with Crippen LogP contribution in [0.15, 0.2) is 24.3 Å². The number of benzene rings is 1. The molecule has 0 saturated heterocycles. The Morgan fingerprint density at radius 2 is 1.15 bits per heavy atom. The molecule has 0 aliphatic carbocycles. The summed E-state index contributed by atoms with van der Waals surface area (Å²) >= 11 is 0. The number of hydrogen-bond acceptors (Lipinski definition) is 2. The SMILES string of the molecule is CCCC[P+](CCCC)(CCCC)CCN1C(=O)c2ccccc2C1=O.[Br-]. The molecule has 0 atom stereocenters. The van der Waals surface area contributed by atoms with E-state index in [9.17, 15) is 9.59 Å². The maximum absolute atomic E-state index is 12.7. The highest BCUT2D eigenvalue weighted by Gasteiger charge is 2.40. The fourth-order valence-electron chi connectivity index (χ4n) is 3.91. The summed E-state index contributed by atoms with van der Waals surface area (Å²) in [5.74, 6) is -0.185. The van der Waals surface area contributed by atoms with Gasteiger partial charge in [-0.25, -0.2) is 0 Å². The number of carbonyl (C=O) groups excluding carboxylic acids is 2. The van der Waals surface area contributed by atoms with Gasteiger partial charge in [0.2, 0.25) is 0 Å². The van der Waals surface area contributed by atoms with Crippen molar-refractivity contribution in [2.45, 2.75) is 59.3 Å². The topological polar surface area (TPSA) is 37.4 Å². The molecule has 1 aromatic rings. The number of amides is 2. The lowest BCUT2D eigenvalue weighted by Crippen LogP contribution is -3.00. The number of imide groups is 1. The predicted octanol–water partition coefficient (Wildman–Crippen LogP) is 2.70. The minimum Gasteiger partial charge on any atom is -1.00 e. The summed E-state index contributed by atoms with van der Waals surface area (Å²) in [5.41, 5.74) is 1.16. The molecule has 0 aromatic heterocycles. The number of unbranched alkanes of at least 4 members (excludes halogenated alkanes) is 3. The molecule has 0 N–H and O–H groups in total. The van der Waals surface area contributed by atoms with Crippen molar-refractivity contribution >= 4 is 19.1 Å². The Kier molecular flexibility index (Phi) is 10.8. The average Bonchev–Trinajstić information content (AvgIpc) is 2.91. The van der Waals surface area contributed by atoms with Gasteiger partial charge in [0.05, 0.1) is 42.3 Å². The van der Waals surface area contributed by atoms with Gasteiger partial charge >= 0.3 is 0 Å². The molecule has 1 aliphatic rings. The van der Waals surface area contributed by atoms with Crippen molar-refractivity contribution in [3.8, 4) is 0 Å². The van der Waals surface area contributed by atoms with Crippen LogP contribution in [0.25, 0.3) is 0 Å². The first kappa shape index (κ1) is 24.3. The van der Waals surface area contributed by atoms with Gasteiger partial charge in [0.25, 0.3) is 11.8 Å². The molecule has 2 rings (SSSR count). The van der Waals surface area contributed by atoms with Crippen LogP contribution < -0.4 is 17.0 Å². The van der Waals surface area contributed by atoms with Crippen LogP contribution >= 0.6 is 7.26 Å². The lowest BCUT2D eigenvalue weighted by Gasteiger charge is -2.29. The summed E-state index contributed by atoms with van der Waals surface area (Å²) in [6.45, 7) is 7.40. The van der Waals surface area contributed by atoms with Crippen LogP contribution in [-0.4, -0.2) is 47.9 Å². The van der Waals surface area contributed by atoms with Gasteiger partial charge in [-0.3, -0.25) is 14.5 Å². The first-order chi connectivity index (χ1) is 12.6. The summed E-state index contributed by atoms with van der Waals surface area (Å²) < 4.78 is 0. The van der Waals surface area contributed by atoms with Crippen molar-refractivity contribution in [1.29, 1.82) is 0 Å². The van der Waals surface area contributed by atoms with Crippen molar-refractivity contribution in [3.63, 3.8) is 0 Å². The quantitative estimate of drug-likeness (QED) is 0.358. The Bertz CT molecular complexity index is 563.